The predicted octanol–water partition coefficient (Wildman–Crippen LogP) is 2.45. The molecule has 0 aliphatic rings. The third kappa shape index (κ3) is 1.45. The van der Waals surface area contributed by atoms with Gasteiger partial charge in [0.2, 0.25) is 0 Å². The van der Waals surface area contributed by atoms with Crippen molar-refractivity contribution in [2.75, 3.05) is 0 Å². The van der Waals surface area contributed by atoms with Gasteiger partial charge >= 0.3 is 0 Å². The molecule has 10 heavy (non-hydrogen) atoms. The van der Waals surface area contributed by atoms with Crippen LogP contribution in [0.25, 0.3) is 0 Å². The molecule has 0 N–H and O–H groups in total. The Balaban J connectivity index is 3.15. The predicted molar refractivity (Wildman–Crippen MR) is 43.0 cm³/mol. The standard InChI is InChI=1S/C8H6BrO/c1-6(10)7-4-2-3-5-8(7)9/h2-3,5H,1H3. The highest BCUT2D eigenvalue weighted by atomic mass is 79.9. The van der Waals surface area contributed by atoms with E-state index in [2.05, 4.69) is 22.0 Å². The molecule has 2 heteroatoms. The normalized spacial score (nSPS) is 9.40. The molecule has 0 atom stereocenters. The van der Waals surface area contributed by atoms with Gasteiger partial charge in [-0.1, -0.05) is 28.1 Å². The zero-order valence-corrected chi connectivity index (χ0v) is 7.10. The van der Waals surface area contributed by atoms with Gasteiger partial charge in [0.05, 0.1) is 0 Å². The van der Waals surface area contributed by atoms with E-state index >= 15 is 0 Å². The van der Waals surface area contributed by atoms with Gasteiger partial charge in [0.25, 0.3) is 0 Å². The van der Waals surface area contributed by atoms with Crippen LogP contribution in [-0.2, 0) is 0 Å². The van der Waals surface area contributed by atoms with Crippen molar-refractivity contribution in [3.05, 3.63) is 34.3 Å². The van der Waals surface area contributed by atoms with Crippen LogP contribution < -0.4 is 0 Å². The lowest BCUT2D eigenvalue weighted by molar-refractivity contribution is 0.101. The van der Waals surface area contributed by atoms with Gasteiger partial charge in [-0.05, 0) is 19.1 Å². The van der Waals surface area contributed by atoms with Crippen LogP contribution in [0.5, 0.6) is 0 Å². The fourth-order valence-electron chi connectivity index (χ4n) is 0.686. The second-order valence-electron chi connectivity index (χ2n) is 1.95. The molecule has 0 aromatic heterocycles. The maximum atomic E-state index is 10.8. The van der Waals surface area contributed by atoms with E-state index in [0.29, 0.717) is 5.56 Å². The number of Topliss-reactive ketones (excluding diaryl/α,β-unsaturated/α-hetero) is 1. The van der Waals surface area contributed by atoms with Gasteiger partial charge < -0.3 is 0 Å². The molecule has 1 nitrogen and oxygen atoms in total. The lowest BCUT2D eigenvalue weighted by atomic mass is 10.2. The lowest BCUT2D eigenvalue weighted by Crippen LogP contribution is -1.92. The number of ketones is 1. The van der Waals surface area contributed by atoms with Crippen LogP contribution in [0.1, 0.15) is 17.3 Å². The maximum Gasteiger partial charge on any atom is 0.161 e. The largest absolute Gasteiger partial charge is 0.294 e. The molecule has 1 radical (unpaired) electrons. The van der Waals surface area contributed by atoms with Gasteiger partial charge in [-0.15, -0.1) is 0 Å². The highest BCUT2D eigenvalue weighted by Crippen LogP contribution is 2.14. The summed E-state index contributed by atoms with van der Waals surface area (Å²) in [6, 6.07) is 8.22. The first kappa shape index (κ1) is 7.48. The van der Waals surface area contributed by atoms with Crippen molar-refractivity contribution < 1.29 is 4.79 Å². The van der Waals surface area contributed by atoms with Crippen molar-refractivity contribution in [3.8, 4) is 0 Å². The number of hydrogen-bond donors (Lipinski definition) is 0. The molecule has 0 spiro atoms. The van der Waals surface area contributed by atoms with Gasteiger partial charge in [-0.3, -0.25) is 4.79 Å². The summed E-state index contributed by atoms with van der Waals surface area (Å²) in [6.45, 7) is 1.52. The average Bonchev–Trinajstić information content (AvgIpc) is 1.88. The number of halogens is 1. The van der Waals surface area contributed by atoms with E-state index in [9.17, 15) is 4.79 Å². The molecule has 0 heterocycles. The van der Waals surface area contributed by atoms with Crippen molar-refractivity contribution in [2.45, 2.75) is 6.92 Å². The monoisotopic (exact) mass is 197 g/mol. The Morgan fingerprint density at radius 3 is 2.80 bits per heavy atom. The van der Waals surface area contributed by atoms with Crippen molar-refractivity contribution >= 4 is 21.7 Å². The summed E-state index contributed by atoms with van der Waals surface area (Å²) in [7, 11) is 0. The van der Waals surface area contributed by atoms with Gasteiger partial charge in [-0.25, -0.2) is 0 Å². The van der Waals surface area contributed by atoms with Crippen LogP contribution in [0.2, 0.25) is 0 Å². The molecular formula is C8H6BrO. The Labute approximate surface area is 68.2 Å². The van der Waals surface area contributed by atoms with Crippen molar-refractivity contribution in [3.63, 3.8) is 0 Å². The molecule has 0 aliphatic heterocycles. The second-order valence-corrected chi connectivity index (χ2v) is 2.80. The van der Waals surface area contributed by atoms with Crippen LogP contribution >= 0.6 is 15.9 Å². The minimum absolute atomic E-state index is 0.0347. The first-order valence-corrected chi connectivity index (χ1v) is 3.68. The summed E-state index contributed by atoms with van der Waals surface area (Å²) in [6.07, 6.45) is 0. The van der Waals surface area contributed by atoms with Crippen molar-refractivity contribution in [2.24, 2.45) is 0 Å². The van der Waals surface area contributed by atoms with E-state index in [0.717, 1.165) is 4.47 Å². The quantitative estimate of drug-likeness (QED) is 0.633. The Kier molecular flexibility index (Phi) is 2.22. The summed E-state index contributed by atoms with van der Waals surface area (Å²) in [5.74, 6) is 0.0347. The summed E-state index contributed by atoms with van der Waals surface area (Å²) < 4.78 is 0.808. The molecule has 0 saturated carbocycles. The SMILES string of the molecule is CC(=O)c1[c]cccc1Br. The van der Waals surface area contributed by atoms with Gasteiger partial charge in [0.15, 0.2) is 5.78 Å². The Hall–Kier alpha value is -0.630. The first-order valence-electron chi connectivity index (χ1n) is 2.89. The van der Waals surface area contributed by atoms with Gasteiger partial charge in [0, 0.05) is 10.0 Å². The molecule has 0 aliphatic carbocycles. The maximum absolute atomic E-state index is 10.8. The van der Waals surface area contributed by atoms with E-state index in [4.69, 9.17) is 0 Å². The average molecular weight is 198 g/mol. The van der Waals surface area contributed by atoms with Crippen LogP contribution in [0.15, 0.2) is 22.7 Å². The number of benzene rings is 1. The molecule has 0 fully saturated rings. The minimum Gasteiger partial charge on any atom is -0.294 e. The zero-order valence-electron chi connectivity index (χ0n) is 5.52. The van der Waals surface area contributed by atoms with Crippen LogP contribution in [0.3, 0.4) is 0 Å². The van der Waals surface area contributed by atoms with Crippen LogP contribution in [0, 0.1) is 6.07 Å². The van der Waals surface area contributed by atoms with E-state index in [1.807, 2.05) is 12.1 Å². The topological polar surface area (TPSA) is 17.1 Å². The zero-order chi connectivity index (χ0) is 7.56. The molecule has 51 valence electrons. The summed E-state index contributed by atoms with van der Waals surface area (Å²) >= 11 is 3.24. The summed E-state index contributed by atoms with van der Waals surface area (Å²) in [5, 5.41) is 0. The van der Waals surface area contributed by atoms with E-state index in [1.54, 1.807) is 6.07 Å². The third-order valence-electron chi connectivity index (χ3n) is 1.16. The second kappa shape index (κ2) is 2.97. The van der Waals surface area contributed by atoms with E-state index in [-0.39, 0.29) is 5.78 Å². The van der Waals surface area contributed by atoms with Crippen LogP contribution in [-0.4, -0.2) is 5.78 Å². The highest BCUT2D eigenvalue weighted by Gasteiger charge is 2.01. The third-order valence-corrected chi connectivity index (χ3v) is 1.82. The number of carbonyl (C=O) groups is 1. The highest BCUT2D eigenvalue weighted by molar-refractivity contribution is 9.10. The number of rotatable bonds is 1. The fourth-order valence-corrected chi connectivity index (χ4v) is 1.23. The Morgan fingerprint density at radius 1 is 1.70 bits per heavy atom. The fraction of sp³-hybridized carbons (Fsp3) is 0.125. The molecule has 1 aromatic carbocycles. The molecular weight excluding hydrogens is 192 g/mol. The van der Waals surface area contributed by atoms with E-state index in [1.165, 1.54) is 6.92 Å². The number of carbonyl (C=O) groups excluding carboxylic acids is 1. The minimum atomic E-state index is 0.0347. The summed E-state index contributed by atoms with van der Waals surface area (Å²) in [5.41, 5.74) is 0.613. The van der Waals surface area contributed by atoms with Crippen molar-refractivity contribution in [1.82, 2.24) is 0 Å². The molecule has 0 bridgehead atoms. The van der Waals surface area contributed by atoms with Gasteiger partial charge in [0.1, 0.15) is 0 Å². The molecule has 0 unspecified atom stereocenters. The first-order chi connectivity index (χ1) is 4.72. The van der Waals surface area contributed by atoms with Gasteiger partial charge in [-0.2, -0.15) is 0 Å². The van der Waals surface area contributed by atoms with Crippen molar-refractivity contribution in [1.29, 1.82) is 0 Å². The molecule has 0 amide bonds. The summed E-state index contributed by atoms with van der Waals surface area (Å²) in [4.78, 5) is 10.8. The molecule has 1 aromatic rings. The molecule has 0 saturated heterocycles. The van der Waals surface area contributed by atoms with E-state index < -0.39 is 0 Å². The Morgan fingerprint density at radius 2 is 2.40 bits per heavy atom. The Bertz CT molecular complexity index is 255. The smallest absolute Gasteiger partial charge is 0.161 e. The van der Waals surface area contributed by atoms with Crippen LogP contribution in [0.4, 0.5) is 0 Å². The number of hydrogen-bond acceptors (Lipinski definition) is 1. The molecule has 1 rings (SSSR count). The lowest BCUT2D eigenvalue weighted by Gasteiger charge is -1.95.